The molecule has 3 heteroatoms. The van der Waals surface area contributed by atoms with Gasteiger partial charge in [-0.25, -0.2) is 0 Å². The average Bonchev–Trinajstić information content (AvgIpc) is 2.58. The zero-order chi connectivity index (χ0) is 8.44. The molecule has 1 unspecified atom stereocenters. The van der Waals surface area contributed by atoms with Crippen molar-refractivity contribution in [2.45, 2.75) is 24.9 Å². The summed E-state index contributed by atoms with van der Waals surface area (Å²) in [5.41, 5.74) is -0.825. The summed E-state index contributed by atoms with van der Waals surface area (Å²) in [5, 5.41) is 10.1. The number of hydrogen-bond donors (Lipinski definition) is 1. The summed E-state index contributed by atoms with van der Waals surface area (Å²) >= 11 is 0. The molecule has 0 bridgehead atoms. The van der Waals surface area contributed by atoms with Gasteiger partial charge in [-0.1, -0.05) is 0 Å². The van der Waals surface area contributed by atoms with E-state index in [-0.39, 0.29) is 0 Å². The van der Waals surface area contributed by atoms with Crippen molar-refractivity contribution in [3.8, 4) is 0 Å². The van der Waals surface area contributed by atoms with Gasteiger partial charge in [0.2, 0.25) is 0 Å². The van der Waals surface area contributed by atoms with E-state index in [1.165, 1.54) is 0 Å². The maximum Gasteiger partial charge on any atom is 0.144 e. The molecule has 0 spiro atoms. The highest BCUT2D eigenvalue weighted by Gasteiger charge is 2.36. The normalized spacial score (nSPS) is 35.9. The van der Waals surface area contributed by atoms with Gasteiger partial charge in [0.1, 0.15) is 11.4 Å². The predicted octanol–water partition coefficient (Wildman–Crippen LogP) is 0.832. The number of rotatable bonds is 1. The van der Waals surface area contributed by atoms with Crippen molar-refractivity contribution in [3.63, 3.8) is 0 Å². The van der Waals surface area contributed by atoms with Crippen LogP contribution in [0.15, 0.2) is 11.8 Å². The van der Waals surface area contributed by atoms with Crippen LogP contribution in [-0.2, 0) is 9.47 Å². The Hall–Kier alpha value is -0.540. The molecule has 0 radical (unpaired) electrons. The van der Waals surface area contributed by atoms with E-state index in [9.17, 15) is 5.11 Å². The summed E-state index contributed by atoms with van der Waals surface area (Å²) in [4.78, 5) is 0. The Morgan fingerprint density at radius 1 is 1.42 bits per heavy atom. The van der Waals surface area contributed by atoms with E-state index in [4.69, 9.17) is 9.47 Å². The first kappa shape index (κ1) is 8.08. The van der Waals surface area contributed by atoms with Crippen molar-refractivity contribution < 1.29 is 14.6 Å². The maximum absolute atomic E-state index is 10.1. The van der Waals surface area contributed by atoms with E-state index in [2.05, 4.69) is 0 Å². The minimum atomic E-state index is -0.825. The topological polar surface area (TPSA) is 38.7 Å². The summed E-state index contributed by atoms with van der Waals surface area (Å²) < 4.78 is 10.6. The molecule has 1 fully saturated rings. The van der Waals surface area contributed by atoms with Gasteiger partial charge < -0.3 is 14.6 Å². The average molecular weight is 170 g/mol. The van der Waals surface area contributed by atoms with Gasteiger partial charge in [-0.2, -0.15) is 0 Å². The minimum absolute atomic E-state index is 0.388. The first-order valence-corrected chi connectivity index (χ1v) is 4.45. The summed E-state index contributed by atoms with van der Waals surface area (Å²) in [6.07, 6.45) is 4.56. The van der Waals surface area contributed by atoms with Gasteiger partial charge in [0.05, 0.1) is 13.2 Å². The van der Waals surface area contributed by atoms with E-state index in [0.29, 0.717) is 13.2 Å². The molecule has 0 aromatic carbocycles. The van der Waals surface area contributed by atoms with Crippen LogP contribution in [0.2, 0.25) is 0 Å². The van der Waals surface area contributed by atoms with Gasteiger partial charge in [0, 0.05) is 13.0 Å². The molecule has 1 N–H and O–H groups in total. The zero-order valence-electron chi connectivity index (χ0n) is 7.08. The van der Waals surface area contributed by atoms with Crippen molar-refractivity contribution in [2.24, 2.45) is 0 Å². The van der Waals surface area contributed by atoms with E-state index in [0.717, 1.165) is 31.6 Å². The Balaban J connectivity index is 2.07. The highest BCUT2D eigenvalue weighted by Crippen LogP contribution is 2.30. The van der Waals surface area contributed by atoms with Crippen LogP contribution >= 0.6 is 0 Å². The number of hydrogen-bond acceptors (Lipinski definition) is 3. The molecular weight excluding hydrogens is 156 g/mol. The second-order valence-corrected chi connectivity index (χ2v) is 3.39. The van der Waals surface area contributed by atoms with E-state index in [1.54, 1.807) is 0 Å². The molecule has 0 saturated carbocycles. The summed E-state index contributed by atoms with van der Waals surface area (Å²) in [6.45, 7) is 1.85. The lowest BCUT2D eigenvalue weighted by atomic mass is 9.94. The van der Waals surface area contributed by atoms with Crippen LogP contribution in [0, 0.1) is 0 Å². The van der Waals surface area contributed by atoms with Crippen LogP contribution in [0.25, 0.3) is 0 Å². The van der Waals surface area contributed by atoms with E-state index in [1.807, 2.05) is 6.08 Å². The number of aliphatic hydroxyl groups is 1. The molecule has 12 heavy (non-hydrogen) atoms. The second kappa shape index (κ2) is 3.07. The molecular formula is C9H14O3. The van der Waals surface area contributed by atoms with Crippen molar-refractivity contribution >= 4 is 0 Å². The Kier molecular flexibility index (Phi) is 2.07. The lowest BCUT2D eigenvalue weighted by molar-refractivity contribution is -0.0865. The fourth-order valence-corrected chi connectivity index (χ4v) is 1.72. The van der Waals surface area contributed by atoms with Crippen LogP contribution in [0.1, 0.15) is 19.3 Å². The monoisotopic (exact) mass is 170 g/mol. The van der Waals surface area contributed by atoms with Crippen LogP contribution in [0.5, 0.6) is 0 Å². The minimum Gasteiger partial charge on any atom is -0.495 e. The Bertz CT molecular complexity index is 192. The molecule has 68 valence electrons. The van der Waals surface area contributed by atoms with Crippen molar-refractivity contribution in [1.82, 2.24) is 0 Å². The smallest absolute Gasteiger partial charge is 0.144 e. The van der Waals surface area contributed by atoms with Gasteiger partial charge in [-0.3, -0.25) is 0 Å². The third-order valence-corrected chi connectivity index (χ3v) is 2.38. The third-order valence-electron chi connectivity index (χ3n) is 2.38. The van der Waals surface area contributed by atoms with Gasteiger partial charge in [0.15, 0.2) is 0 Å². The zero-order valence-corrected chi connectivity index (χ0v) is 7.08. The molecule has 0 aromatic rings. The molecule has 1 atom stereocenters. The van der Waals surface area contributed by atoms with Crippen molar-refractivity contribution in [2.75, 3.05) is 19.8 Å². The largest absolute Gasteiger partial charge is 0.495 e. The Morgan fingerprint density at radius 2 is 2.33 bits per heavy atom. The Labute approximate surface area is 72.0 Å². The fraction of sp³-hybridized carbons (Fsp3) is 0.778. The first-order chi connectivity index (χ1) is 5.81. The molecule has 1 saturated heterocycles. The molecule has 2 rings (SSSR count). The molecule has 2 aliphatic heterocycles. The van der Waals surface area contributed by atoms with Crippen LogP contribution in [-0.4, -0.2) is 30.5 Å². The summed E-state index contributed by atoms with van der Waals surface area (Å²) in [5.74, 6) is 0.724. The molecule has 0 amide bonds. The van der Waals surface area contributed by atoms with Gasteiger partial charge in [0.25, 0.3) is 0 Å². The highest BCUT2D eigenvalue weighted by molar-refractivity contribution is 5.13. The predicted molar refractivity (Wildman–Crippen MR) is 43.7 cm³/mol. The lowest BCUT2D eigenvalue weighted by Crippen LogP contribution is -2.40. The fourth-order valence-electron chi connectivity index (χ4n) is 1.72. The van der Waals surface area contributed by atoms with Gasteiger partial charge >= 0.3 is 0 Å². The summed E-state index contributed by atoms with van der Waals surface area (Å²) in [7, 11) is 0. The van der Waals surface area contributed by atoms with Gasteiger partial charge in [-0.15, -0.1) is 0 Å². The Morgan fingerprint density at radius 3 is 2.92 bits per heavy atom. The second-order valence-electron chi connectivity index (χ2n) is 3.39. The highest BCUT2D eigenvalue weighted by atomic mass is 16.5. The molecule has 0 aliphatic carbocycles. The molecule has 2 aliphatic rings. The standard InChI is InChI=1S/C9H14O3/c10-9(4-2-5-11-7-9)8-3-1-6-12-8/h3,10H,1-2,4-7H2. The van der Waals surface area contributed by atoms with Crippen molar-refractivity contribution in [1.29, 1.82) is 0 Å². The van der Waals surface area contributed by atoms with Crippen LogP contribution in [0.4, 0.5) is 0 Å². The lowest BCUT2D eigenvalue weighted by Gasteiger charge is -2.32. The third kappa shape index (κ3) is 1.34. The first-order valence-electron chi connectivity index (χ1n) is 4.45. The summed E-state index contributed by atoms with van der Waals surface area (Å²) in [6, 6.07) is 0. The van der Waals surface area contributed by atoms with E-state index < -0.39 is 5.60 Å². The maximum atomic E-state index is 10.1. The quantitative estimate of drug-likeness (QED) is 0.633. The molecule has 2 heterocycles. The SMILES string of the molecule is OC1(C2=CCCO2)CCCOC1. The van der Waals surface area contributed by atoms with Crippen molar-refractivity contribution in [3.05, 3.63) is 11.8 Å². The molecule has 0 aromatic heterocycles. The number of ether oxygens (including phenoxy) is 2. The van der Waals surface area contributed by atoms with Crippen LogP contribution < -0.4 is 0 Å². The van der Waals surface area contributed by atoms with Gasteiger partial charge in [-0.05, 0) is 18.9 Å². The van der Waals surface area contributed by atoms with Crippen LogP contribution in [0.3, 0.4) is 0 Å². The van der Waals surface area contributed by atoms with E-state index >= 15 is 0 Å². The molecule has 3 nitrogen and oxygen atoms in total.